The van der Waals surface area contributed by atoms with Gasteiger partial charge in [-0.25, -0.2) is 0 Å². The number of nitriles is 1. The second kappa shape index (κ2) is 7.44. The monoisotopic (exact) mass is 432 g/mol. The summed E-state index contributed by atoms with van der Waals surface area (Å²) in [5.74, 6) is 0.682. The van der Waals surface area contributed by atoms with Crippen molar-refractivity contribution in [3.05, 3.63) is 63.8 Å². The molecule has 5 rings (SSSR count). The van der Waals surface area contributed by atoms with E-state index in [1.807, 2.05) is 35.2 Å². The van der Waals surface area contributed by atoms with Gasteiger partial charge in [0, 0.05) is 30.8 Å². The van der Waals surface area contributed by atoms with Gasteiger partial charge in [0.1, 0.15) is 5.75 Å². The Balaban J connectivity index is 1.71. The first-order valence-corrected chi connectivity index (χ1v) is 10.6. The van der Waals surface area contributed by atoms with E-state index in [9.17, 15) is 10.1 Å². The van der Waals surface area contributed by atoms with Crippen LogP contribution < -0.4 is 10.1 Å². The van der Waals surface area contributed by atoms with Gasteiger partial charge in [-0.3, -0.25) is 9.78 Å². The summed E-state index contributed by atoms with van der Waals surface area (Å²) >= 11 is 6.41. The maximum absolute atomic E-state index is 12.5. The lowest BCUT2D eigenvalue weighted by Gasteiger charge is -2.43. The van der Waals surface area contributed by atoms with Gasteiger partial charge in [0.15, 0.2) is 0 Å². The van der Waals surface area contributed by atoms with Crippen LogP contribution in [0.3, 0.4) is 0 Å². The molecule has 0 fully saturated rings. The number of aromatic nitrogens is 1. The minimum absolute atomic E-state index is 0.0509. The number of carbonyl (C=O) groups is 1. The molecule has 6 nitrogen and oxygen atoms in total. The summed E-state index contributed by atoms with van der Waals surface area (Å²) in [7, 11) is 1.59. The van der Waals surface area contributed by atoms with Crippen LogP contribution in [0, 0.1) is 11.3 Å². The minimum atomic E-state index is -0.0778. The molecule has 1 N–H and O–H groups in total. The van der Waals surface area contributed by atoms with E-state index < -0.39 is 0 Å². The predicted octanol–water partition coefficient (Wildman–Crippen LogP) is 4.77. The Morgan fingerprint density at radius 2 is 2.16 bits per heavy atom. The number of fused-ring (bicyclic) bond motifs is 2. The highest BCUT2D eigenvalue weighted by molar-refractivity contribution is 6.32. The number of nitrogens with zero attached hydrogens (tertiary/aromatic N) is 3. The van der Waals surface area contributed by atoms with Crippen LogP contribution >= 0.6 is 11.6 Å². The first-order valence-electron chi connectivity index (χ1n) is 10.2. The van der Waals surface area contributed by atoms with Gasteiger partial charge < -0.3 is 15.0 Å². The number of carbonyl (C=O) groups excluding carboxylic acids is 1. The highest BCUT2D eigenvalue weighted by atomic mass is 35.5. The van der Waals surface area contributed by atoms with Crippen LogP contribution in [0.2, 0.25) is 5.02 Å². The van der Waals surface area contributed by atoms with Crippen LogP contribution in [0.25, 0.3) is 10.9 Å². The van der Waals surface area contributed by atoms with Crippen LogP contribution in [-0.2, 0) is 11.2 Å². The fraction of sp³-hybridized carbons (Fsp3) is 0.292. The van der Waals surface area contributed by atoms with Gasteiger partial charge in [-0.15, -0.1) is 0 Å². The Morgan fingerprint density at radius 1 is 1.32 bits per heavy atom. The maximum atomic E-state index is 12.5. The molecule has 1 aromatic heterocycles. The minimum Gasteiger partial charge on any atom is -0.495 e. The molecule has 0 unspecified atom stereocenters. The molecule has 31 heavy (non-hydrogen) atoms. The summed E-state index contributed by atoms with van der Waals surface area (Å²) in [4.78, 5) is 19.3. The van der Waals surface area contributed by atoms with Gasteiger partial charge >= 0.3 is 0 Å². The Hall–Kier alpha value is -3.30. The predicted molar refractivity (Wildman–Crippen MR) is 119 cm³/mol. The van der Waals surface area contributed by atoms with Gasteiger partial charge in [0.05, 0.1) is 52.7 Å². The molecule has 1 amide bonds. The number of methoxy groups -OCH3 is 1. The van der Waals surface area contributed by atoms with E-state index in [0.29, 0.717) is 29.3 Å². The first-order chi connectivity index (χ1) is 15.0. The zero-order chi connectivity index (χ0) is 21.7. The number of nitrogens with one attached hydrogen (secondary N) is 1. The van der Waals surface area contributed by atoms with Crippen molar-refractivity contribution < 1.29 is 9.53 Å². The van der Waals surface area contributed by atoms with Crippen LogP contribution in [-0.4, -0.2) is 29.4 Å². The molecule has 2 aliphatic heterocycles. The van der Waals surface area contributed by atoms with Crippen LogP contribution in [0.15, 0.2) is 36.4 Å². The molecule has 0 spiro atoms. The molecule has 0 radical (unpaired) electrons. The lowest BCUT2D eigenvalue weighted by molar-refractivity contribution is -0.132. The third kappa shape index (κ3) is 3.17. The fourth-order valence-corrected chi connectivity index (χ4v) is 5.10. The number of anilines is 1. The molecule has 2 aliphatic rings. The lowest BCUT2D eigenvalue weighted by Crippen LogP contribution is -2.42. The van der Waals surface area contributed by atoms with Crippen LogP contribution in [0.5, 0.6) is 5.75 Å². The number of halogens is 1. The zero-order valence-corrected chi connectivity index (χ0v) is 18.0. The average molecular weight is 433 g/mol. The Kier molecular flexibility index (Phi) is 4.71. The summed E-state index contributed by atoms with van der Waals surface area (Å²) in [6.07, 6.45) is 1.43. The number of benzene rings is 2. The van der Waals surface area contributed by atoms with Crippen molar-refractivity contribution in [3.8, 4) is 11.8 Å². The van der Waals surface area contributed by atoms with Crippen LogP contribution in [0.1, 0.15) is 47.8 Å². The molecule has 3 heterocycles. The molecule has 0 aliphatic carbocycles. The van der Waals surface area contributed by atoms with E-state index in [4.69, 9.17) is 21.3 Å². The number of ether oxygens (including phenoxy) is 1. The van der Waals surface area contributed by atoms with Gasteiger partial charge in [-0.05, 0) is 42.3 Å². The fourth-order valence-electron chi connectivity index (χ4n) is 4.84. The highest BCUT2D eigenvalue weighted by Gasteiger charge is 2.39. The molecule has 3 aromatic rings. The van der Waals surface area contributed by atoms with E-state index in [1.165, 1.54) is 0 Å². The normalized spacial score (nSPS) is 19.4. The van der Waals surface area contributed by atoms with Crippen molar-refractivity contribution in [1.29, 1.82) is 5.26 Å². The van der Waals surface area contributed by atoms with E-state index in [-0.39, 0.29) is 18.0 Å². The standard InChI is InChI=1S/C24H21ClN4O2/c1-13(30)29-8-7-19-23-21(29)11-20(15-4-6-22(31-2)17(25)10-15)28-24(23)16-9-14(12-26)3-5-18(16)27-19/h3-6,9-10,20-21,28H,7-8,11H2,1-2H3/t20-,21+/m1/s1. The second-order valence-electron chi connectivity index (χ2n) is 8.00. The SMILES string of the molecule is COc1ccc([C@H]2C[C@H]3c4c(nc5ccc(C#N)cc5c4N2)CCN3C(C)=O)cc1Cl. The zero-order valence-electron chi connectivity index (χ0n) is 17.3. The van der Waals surface area contributed by atoms with Gasteiger partial charge in [-0.1, -0.05) is 17.7 Å². The maximum Gasteiger partial charge on any atom is 0.219 e. The Bertz CT molecular complexity index is 1270. The number of hydrogen-bond acceptors (Lipinski definition) is 5. The molecule has 156 valence electrons. The van der Waals surface area contributed by atoms with Crippen molar-refractivity contribution >= 4 is 34.1 Å². The van der Waals surface area contributed by atoms with Crippen molar-refractivity contribution in [2.75, 3.05) is 19.0 Å². The third-order valence-corrected chi connectivity index (χ3v) is 6.59. The van der Waals surface area contributed by atoms with E-state index >= 15 is 0 Å². The summed E-state index contributed by atoms with van der Waals surface area (Å²) in [6.45, 7) is 2.27. The molecular weight excluding hydrogens is 412 g/mol. The van der Waals surface area contributed by atoms with Crippen molar-refractivity contribution in [1.82, 2.24) is 9.88 Å². The van der Waals surface area contributed by atoms with Gasteiger partial charge in [0.2, 0.25) is 5.91 Å². The van der Waals surface area contributed by atoms with E-state index in [0.717, 1.165) is 39.8 Å². The van der Waals surface area contributed by atoms with E-state index in [2.05, 4.69) is 11.4 Å². The van der Waals surface area contributed by atoms with E-state index in [1.54, 1.807) is 20.1 Å². The Morgan fingerprint density at radius 3 is 2.87 bits per heavy atom. The molecule has 0 saturated carbocycles. The molecule has 0 saturated heterocycles. The topological polar surface area (TPSA) is 78.2 Å². The molecule has 7 heteroatoms. The summed E-state index contributed by atoms with van der Waals surface area (Å²) in [6, 6.07) is 13.4. The molecule has 2 aromatic carbocycles. The van der Waals surface area contributed by atoms with Crippen molar-refractivity contribution in [2.45, 2.75) is 31.8 Å². The quantitative estimate of drug-likeness (QED) is 0.631. The van der Waals surface area contributed by atoms with Crippen molar-refractivity contribution in [2.24, 2.45) is 0 Å². The number of pyridine rings is 1. The molecular formula is C24H21ClN4O2. The largest absolute Gasteiger partial charge is 0.495 e. The van der Waals surface area contributed by atoms with Gasteiger partial charge in [0.25, 0.3) is 0 Å². The first kappa shape index (κ1) is 19.7. The summed E-state index contributed by atoms with van der Waals surface area (Å²) < 4.78 is 5.30. The smallest absolute Gasteiger partial charge is 0.219 e. The Labute approximate surface area is 185 Å². The number of hydrogen-bond donors (Lipinski definition) is 1. The van der Waals surface area contributed by atoms with Crippen molar-refractivity contribution in [3.63, 3.8) is 0 Å². The lowest BCUT2D eigenvalue weighted by atomic mass is 9.83. The second-order valence-corrected chi connectivity index (χ2v) is 8.40. The number of rotatable bonds is 2. The third-order valence-electron chi connectivity index (χ3n) is 6.29. The number of amides is 1. The average Bonchev–Trinajstić information content (AvgIpc) is 2.78. The van der Waals surface area contributed by atoms with Gasteiger partial charge in [-0.2, -0.15) is 5.26 Å². The highest BCUT2D eigenvalue weighted by Crippen LogP contribution is 2.48. The molecule has 2 atom stereocenters. The van der Waals surface area contributed by atoms with Crippen LogP contribution in [0.4, 0.5) is 5.69 Å². The summed E-state index contributed by atoms with van der Waals surface area (Å²) in [5.41, 5.74) is 5.50. The summed E-state index contributed by atoms with van der Waals surface area (Å²) in [5, 5.41) is 14.6. The molecule has 0 bridgehead atoms.